The smallest absolute Gasteiger partial charge is 0.319 e. The number of methoxy groups -OCH3 is 1. The number of carboxylic acid groups (broad SMARTS) is 1. The predicted molar refractivity (Wildman–Crippen MR) is 55.3 cm³/mol. The van der Waals surface area contributed by atoms with Crippen molar-refractivity contribution in [2.75, 3.05) is 19.5 Å². The molecule has 0 fully saturated rings. The Morgan fingerprint density at radius 3 is 2.31 bits per heavy atom. The van der Waals surface area contributed by atoms with Gasteiger partial charge in [0.05, 0.1) is 6.61 Å². The number of hydrogen-bond acceptors (Lipinski definition) is 3. The minimum Gasteiger partial charge on any atom is -0.480 e. The molecule has 0 saturated heterocycles. The van der Waals surface area contributed by atoms with Gasteiger partial charge >= 0.3 is 5.97 Å². The van der Waals surface area contributed by atoms with Crippen LogP contribution < -0.4 is 0 Å². The van der Waals surface area contributed by atoms with Crippen LogP contribution in [0.15, 0.2) is 0 Å². The Kier molecular flexibility index (Phi) is 6.16. The second-order valence-electron chi connectivity index (χ2n) is 2.85. The standard InChI is InChI=1S/C9H18O3S/c1-4-9(5-2,8(10)11)13-7-6-12-3/h4-7H2,1-3H3,(H,10,11). The zero-order chi connectivity index (χ0) is 10.3. The highest BCUT2D eigenvalue weighted by Crippen LogP contribution is 2.32. The second-order valence-corrected chi connectivity index (χ2v) is 4.33. The molecule has 0 aliphatic rings. The molecule has 0 bridgehead atoms. The molecule has 0 amide bonds. The van der Waals surface area contributed by atoms with Gasteiger partial charge in [-0.15, -0.1) is 11.8 Å². The zero-order valence-electron chi connectivity index (χ0n) is 8.50. The number of carboxylic acids is 1. The summed E-state index contributed by atoms with van der Waals surface area (Å²) in [6, 6.07) is 0. The van der Waals surface area contributed by atoms with Gasteiger partial charge in [0.1, 0.15) is 4.75 Å². The highest BCUT2D eigenvalue weighted by atomic mass is 32.2. The Labute approximate surface area is 83.9 Å². The van der Waals surface area contributed by atoms with Crippen molar-refractivity contribution >= 4 is 17.7 Å². The topological polar surface area (TPSA) is 46.5 Å². The van der Waals surface area contributed by atoms with E-state index in [2.05, 4.69) is 0 Å². The van der Waals surface area contributed by atoms with Crippen LogP contribution in [-0.4, -0.2) is 35.3 Å². The summed E-state index contributed by atoms with van der Waals surface area (Å²) in [4.78, 5) is 11.0. The maximum atomic E-state index is 11.0. The van der Waals surface area contributed by atoms with E-state index in [9.17, 15) is 4.79 Å². The molecule has 4 heteroatoms. The number of hydrogen-bond donors (Lipinski definition) is 1. The molecule has 0 unspecified atom stereocenters. The average Bonchev–Trinajstić information content (AvgIpc) is 2.13. The van der Waals surface area contributed by atoms with Crippen LogP contribution in [0.4, 0.5) is 0 Å². The van der Waals surface area contributed by atoms with Crippen LogP contribution in [0.1, 0.15) is 26.7 Å². The van der Waals surface area contributed by atoms with Gasteiger partial charge in [-0.2, -0.15) is 0 Å². The van der Waals surface area contributed by atoms with Crippen molar-refractivity contribution in [3.05, 3.63) is 0 Å². The summed E-state index contributed by atoms with van der Waals surface area (Å²) in [6.45, 7) is 4.44. The summed E-state index contributed by atoms with van der Waals surface area (Å²) in [5.41, 5.74) is 0. The molecule has 0 spiro atoms. The molecule has 0 heterocycles. The maximum Gasteiger partial charge on any atom is 0.319 e. The molecule has 0 radical (unpaired) electrons. The fraction of sp³-hybridized carbons (Fsp3) is 0.889. The van der Waals surface area contributed by atoms with Crippen LogP contribution in [-0.2, 0) is 9.53 Å². The fourth-order valence-electron chi connectivity index (χ4n) is 1.14. The van der Waals surface area contributed by atoms with Crippen LogP contribution >= 0.6 is 11.8 Å². The van der Waals surface area contributed by atoms with Gasteiger partial charge in [-0.3, -0.25) is 4.79 Å². The lowest BCUT2D eigenvalue weighted by Crippen LogP contribution is -2.34. The summed E-state index contributed by atoms with van der Waals surface area (Å²) < 4.78 is 4.28. The summed E-state index contributed by atoms with van der Waals surface area (Å²) in [5.74, 6) is 0.0309. The number of thioether (sulfide) groups is 1. The van der Waals surface area contributed by atoms with Gasteiger partial charge in [0.2, 0.25) is 0 Å². The zero-order valence-corrected chi connectivity index (χ0v) is 9.32. The first-order valence-electron chi connectivity index (χ1n) is 4.49. The van der Waals surface area contributed by atoms with Gasteiger partial charge in [0.25, 0.3) is 0 Å². The Bertz CT molecular complexity index is 155. The van der Waals surface area contributed by atoms with Gasteiger partial charge in [0.15, 0.2) is 0 Å². The predicted octanol–water partition coefficient (Wildman–Crippen LogP) is 2.01. The highest BCUT2D eigenvalue weighted by Gasteiger charge is 2.34. The molecule has 0 rings (SSSR count). The maximum absolute atomic E-state index is 11.0. The van der Waals surface area contributed by atoms with Crippen LogP contribution in [0.3, 0.4) is 0 Å². The molecule has 1 N–H and O–H groups in total. The van der Waals surface area contributed by atoms with Crippen LogP contribution in [0.25, 0.3) is 0 Å². The summed E-state index contributed by atoms with van der Waals surface area (Å²) in [5, 5.41) is 9.06. The van der Waals surface area contributed by atoms with E-state index in [0.29, 0.717) is 19.4 Å². The molecule has 0 atom stereocenters. The summed E-state index contributed by atoms with van der Waals surface area (Å²) in [7, 11) is 1.63. The third-order valence-electron chi connectivity index (χ3n) is 2.20. The molecule has 78 valence electrons. The SMILES string of the molecule is CCC(CC)(SCCOC)C(=O)O. The third kappa shape index (κ3) is 3.56. The fourth-order valence-corrected chi connectivity index (χ4v) is 2.31. The van der Waals surface area contributed by atoms with Crippen molar-refractivity contribution < 1.29 is 14.6 Å². The Morgan fingerprint density at radius 1 is 1.46 bits per heavy atom. The van der Waals surface area contributed by atoms with E-state index in [1.807, 2.05) is 13.8 Å². The summed E-state index contributed by atoms with van der Waals surface area (Å²) in [6.07, 6.45) is 1.32. The molecule has 0 aliphatic heterocycles. The molecule has 0 aromatic carbocycles. The van der Waals surface area contributed by atoms with Gasteiger partial charge in [-0.25, -0.2) is 0 Å². The monoisotopic (exact) mass is 206 g/mol. The van der Waals surface area contributed by atoms with E-state index < -0.39 is 10.7 Å². The van der Waals surface area contributed by atoms with E-state index in [0.717, 1.165) is 5.75 Å². The first-order valence-corrected chi connectivity index (χ1v) is 5.47. The van der Waals surface area contributed by atoms with Crippen molar-refractivity contribution in [2.45, 2.75) is 31.4 Å². The molecule has 0 saturated carbocycles. The van der Waals surface area contributed by atoms with E-state index in [1.165, 1.54) is 11.8 Å². The van der Waals surface area contributed by atoms with Gasteiger partial charge in [0, 0.05) is 12.9 Å². The number of rotatable bonds is 7. The van der Waals surface area contributed by atoms with Crippen molar-refractivity contribution in [3.8, 4) is 0 Å². The number of carbonyl (C=O) groups is 1. The van der Waals surface area contributed by atoms with Gasteiger partial charge in [-0.1, -0.05) is 13.8 Å². The van der Waals surface area contributed by atoms with Crippen molar-refractivity contribution in [1.82, 2.24) is 0 Å². The molecular weight excluding hydrogens is 188 g/mol. The van der Waals surface area contributed by atoms with Crippen LogP contribution in [0, 0.1) is 0 Å². The first kappa shape index (κ1) is 12.8. The quantitative estimate of drug-likeness (QED) is 0.647. The van der Waals surface area contributed by atoms with Gasteiger partial charge < -0.3 is 9.84 Å². The van der Waals surface area contributed by atoms with Crippen molar-refractivity contribution in [3.63, 3.8) is 0 Å². The lowest BCUT2D eigenvalue weighted by molar-refractivity contribution is -0.140. The number of ether oxygens (including phenoxy) is 1. The molecular formula is C9H18O3S. The summed E-state index contributed by atoms with van der Waals surface area (Å²) >= 11 is 1.48. The lowest BCUT2D eigenvalue weighted by Gasteiger charge is -2.25. The van der Waals surface area contributed by atoms with Gasteiger partial charge in [-0.05, 0) is 12.8 Å². The molecule has 0 aromatic rings. The molecule has 0 aromatic heterocycles. The average molecular weight is 206 g/mol. The first-order chi connectivity index (χ1) is 6.13. The third-order valence-corrected chi connectivity index (χ3v) is 3.87. The second kappa shape index (κ2) is 6.27. The van der Waals surface area contributed by atoms with E-state index in [1.54, 1.807) is 7.11 Å². The van der Waals surface area contributed by atoms with Crippen molar-refractivity contribution in [1.29, 1.82) is 0 Å². The minimum absolute atomic E-state index is 0.611. The molecule has 13 heavy (non-hydrogen) atoms. The van der Waals surface area contributed by atoms with E-state index in [-0.39, 0.29) is 0 Å². The highest BCUT2D eigenvalue weighted by molar-refractivity contribution is 8.01. The van der Waals surface area contributed by atoms with E-state index >= 15 is 0 Å². The largest absolute Gasteiger partial charge is 0.480 e. The number of aliphatic carboxylic acids is 1. The normalized spacial score (nSPS) is 11.6. The van der Waals surface area contributed by atoms with Crippen molar-refractivity contribution in [2.24, 2.45) is 0 Å². The Balaban J connectivity index is 4.14. The Hall–Kier alpha value is -0.220. The molecule has 0 aliphatic carbocycles. The lowest BCUT2D eigenvalue weighted by atomic mass is 10.0. The molecule has 3 nitrogen and oxygen atoms in total. The van der Waals surface area contributed by atoms with Crippen LogP contribution in [0.2, 0.25) is 0 Å². The van der Waals surface area contributed by atoms with E-state index in [4.69, 9.17) is 9.84 Å². The van der Waals surface area contributed by atoms with Crippen LogP contribution in [0.5, 0.6) is 0 Å². The Morgan fingerprint density at radius 2 is 2.00 bits per heavy atom. The minimum atomic E-state index is -0.710.